The van der Waals surface area contributed by atoms with E-state index in [-0.39, 0.29) is 34.8 Å². The van der Waals surface area contributed by atoms with Crippen molar-refractivity contribution in [2.24, 2.45) is 11.5 Å². The van der Waals surface area contributed by atoms with Crippen molar-refractivity contribution in [1.82, 2.24) is 9.97 Å². The molecule has 10 heteroatoms. The Balaban J connectivity index is 1.62. The van der Waals surface area contributed by atoms with Gasteiger partial charge < -0.3 is 21.1 Å². The van der Waals surface area contributed by atoms with Gasteiger partial charge in [-0.15, -0.1) is 0 Å². The van der Waals surface area contributed by atoms with Gasteiger partial charge >= 0.3 is 0 Å². The number of rotatable bonds is 7. The number of aromatic nitrogens is 2. The number of anilines is 1. The molecular weight excluding hydrogens is 449 g/mol. The standard InChI is InChI=1S/C23H21ClFN5O3/c24-14-5-8-19(17(25)10-14)33-16-6-3-13(4-7-16)23-28-18(22(27)32)12-21(29-23)30-9-1-2-15(30)11-20(26)31/h3-8,10,12,15H,1-2,9,11H2,(H2,26,31)(H2,27,32)/t15-/m0/s1. The molecule has 4 N–H and O–H groups in total. The monoisotopic (exact) mass is 469 g/mol. The summed E-state index contributed by atoms with van der Waals surface area (Å²) < 4.78 is 19.6. The maximum absolute atomic E-state index is 14.0. The molecule has 2 aromatic carbocycles. The molecule has 0 spiro atoms. The van der Waals surface area contributed by atoms with Crippen molar-refractivity contribution in [3.63, 3.8) is 0 Å². The van der Waals surface area contributed by atoms with Crippen LogP contribution in [0.1, 0.15) is 29.8 Å². The Labute approximate surface area is 194 Å². The van der Waals surface area contributed by atoms with E-state index in [0.717, 1.165) is 12.8 Å². The van der Waals surface area contributed by atoms with Crippen molar-refractivity contribution < 1.29 is 18.7 Å². The average molecular weight is 470 g/mol. The minimum Gasteiger partial charge on any atom is -0.454 e. The van der Waals surface area contributed by atoms with E-state index < -0.39 is 17.6 Å². The first-order valence-electron chi connectivity index (χ1n) is 10.3. The fourth-order valence-corrected chi connectivity index (χ4v) is 3.93. The van der Waals surface area contributed by atoms with Crippen LogP contribution in [0.5, 0.6) is 11.5 Å². The molecule has 1 saturated heterocycles. The third-order valence-electron chi connectivity index (χ3n) is 5.31. The Morgan fingerprint density at radius 3 is 2.55 bits per heavy atom. The highest BCUT2D eigenvalue weighted by Gasteiger charge is 2.28. The molecule has 1 atom stereocenters. The Morgan fingerprint density at radius 1 is 1.12 bits per heavy atom. The van der Waals surface area contributed by atoms with Crippen LogP contribution < -0.4 is 21.1 Å². The van der Waals surface area contributed by atoms with Crippen LogP contribution in [0.15, 0.2) is 48.5 Å². The summed E-state index contributed by atoms with van der Waals surface area (Å²) in [5.74, 6) is -0.447. The Hall–Kier alpha value is -3.72. The van der Waals surface area contributed by atoms with Crippen LogP contribution in [0.4, 0.5) is 10.2 Å². The van der Waals surface area contributed by atoms with E-state index in [4.69, 9.17) is 27.8 Å². The zero-order chi connectivity index (χ0) is 23.5. The van der Waals surface area contributed by atoms with Gasteiger partial charge in [-0.3, -0.25) is 9.59 Å². The van der Waals surface area contributed by atoms with Crippen LogP contribution in [0, 0.1) is 5.82 Å². The third kappa shape index (κ3) is 5.20. The van der Waals surface area contributed by atoms with Crippen LogP contribution >= 0.6 is 11.6 Å². The molecule has 0 radical (unpaired) electrons. The zero-order valence-electron chi connectivity index (χ0n) is 17.5. The lowest BCUT2D eigenvalue weighted by Crippen LogP contribution is -2.34. The quantitative estimate of drug-likeness (QED) is 0.544. The van der Waals surface area contributed by atoms with Gasteiger partial charge in [0.25, 0.3) is 5.91 Å². The van der Waals surface area contributed by atoms with Gasteiger partial charge in [-0.05, 0) is 55.3 Å². The van der Waals surface area contributed by atoms with Crippen molar-refractivity contribution in [3.05, 3.63) is 65.1 Å². The average Bonchev–Trinajstić information content (AvgIpc) is 3.23. The van der Waals surface area contributed by atoms with Crippen molar-refractivity contribution in [1.29, 1.82) is 0 Å². The molecule has 0 unspecified atom stereocenters. The second-order valence-electron chi connectivity index (χ2n) is 7.66. The second-order valence-corrected chi connectivity index (χ2v) is 8.10. The topological polar surface area (TPSA) is 124 Å². The number of amides is 2. The molecule has 0 bridgehead atoms. The van der Waals surface area contributed by atoms with Crippen LogP contribution in [0.25, 0.3) is 11.4 Å². The normalized spacial score (nSPS) is 15.5. The maximum Gasteiger partial charge on any atom is 0.267 e. The number of carbonyl (C=O) groups is 2. The summed E-state index contributed by atoms with van der Waals surface area (Å²) in [6.45, 7) is 0.673. The predicted molar refractivity (Wildman–Crippen MR) is 122 cm³/mol. The highest BCUT2D eigenvalue weighted by Crippen LogP contribution is 2.30. The molecule has 0 saturated carbocycles. The number of hydrogen-bond donors (Lipinski definition) is 2. The fraction of sp³-hybridized carbons (Fsp3) is 0.217. The van der Waals surface area contributed by atoms with Gasteiger partial charge in [0.15, 0.2) is 17.4 Å². The number of ether oxygens (including phenoxy) is 1. The Bertz CT molecular complexity index is 1210. The first-order chi connectivity index (χ1) is 15.8. The lowest BCUT2D eigenvalue weighted by molar-refractivity contribution is -0.118. The van der Waals surface area contributed by atoms with Crippen molar-refractivity contribution in [2.45, 2.75) is 25.3 Å². The molecule has 0 aliphatic carbocycles. The minimum absolute atomic E-state index is 0.0379. The highest BCUT2D eigenvalue weighted by molar-refractivity contribution is 6.30. The van der Waals surface area contributed by atoms with E-state index in [1.54, 1.807) is 24.3 Å². The summed E-state index contributed by atoms with van der Waals surface area (Å²) in [7, 11) is 0. The smallest absolute Gasteiger partial charge is 0.267 e. The van der Waals surface area contributed by atoms with E-state index >= 15 is 0 Å². The van der Waals surface area contributed by atoms with Crippen molar-refractivity contribution in [3.8, 4) is 22.9 Å². The largest absolute Gasteiger partial charge is 0.454 e. The molecule has 1 aromatic heterocycles. The van der Waals surface area contributed by atoms with Gasteiger partial charge in [-0.25, -0.2) is 14.4 Å². The summed E-state index contributed by atoms with van der Waals surface area (Å²) in [6.07, 6.45) is 1.86. The molecule has 1 fully saturated rings. The maximum atomic E-state index is 14.0. The van der Waals surface area contributed by atoms with E-state index in [2.05, 4.69) is 9.97 Å². The predicted octanol–water partition coefficient (Wildman–Crippen LogP) is 3.67. The number of halogens is 2. The SMILES string of the molecule is NC(=O)C[C@@H]1CCCN1c1cc(C(N)=O)nc(-c2ccc(Oc3ccc(Cl)cc3F)cc2)n1. The lowest BCUT2D eigenvalue weighted by Gasteiger charge is -2.25. The lowest BCUT2D eigenvalue weighted by atomic mass is 10.1. The van der Waals surface area contributed by atoms with E-state index in [1.165, 1.54) is 24.3 Å². The first-order valence-corrected chi connectivity index (χ1v) is 10.6. The second kappa shape index (κ2) is 9.41. The van der Waals surface area contributed by atoms with Gasteiger partial charge in [-0.1, -0.05) is 11.6 Å². The summed E-state index contributed by atoms with van der Waals surface area (Å²) in [6, 6.07) is 12.2. The molecule has 4 rings (SSSR count). The van der Waals surface area contributed by atoms with Gasteiger partial charge in [0.2, 0.25) is 5.91 Å². The van der Waals surface area contributed by atoms with Crippen LogP contribution in [0.2, 0.25) is 5.02 Å². The molecule has 8 nitrogen and oxygen atoms in total. The Morgan fingerprint density at radius 2 is 1.88 bits per heavy atom. The summed E-state index contributed by atoms with van der Waals surface area (Å²) in [5.41, 5.74) is 11.5. The van der Waals surface area contributed by atoms with Gasteiger partial charge in [0.1, 0.15) is 17.3 Å². The molecule has 1 aliphatic rings. The third-order valence-corrected chi connectivity index (χ3v) is 5.54. The van der Waals surface area contributed by atoms with Crippen LogP contribution in [-0.4, -0.2) is 34.4 Å². The number of hydrogen-bond acceptors (Lipinski definition) is 6. The van der Waals surface area contributed by atoms with Gasteiger partial charge in [0, 0.05) is 35.7 Å². The Kier molecular flexibility index (Phi) is 6.41. The number of primary amides is 2. The van der Waals surface area contributed by atoms with E-state index in [9.17, 15) is 14.0 Å². The number of nitrogens with two attached hydrogens (primary N) is 2. The molecule has 2 heterocycles. The van der Waals surface area contributed by atoms with E-state index in [0.29, 0.717) is 23.7 Å². The fourth-order valence-electron chi connectivity index (χ4n) is 3.78. The van der Waals surface area contributed by atoms with Crippen LogP contribution in [-0.2, 0) is 4.79 Å². The summed E-state index contributed by atoms with van der Waals surface area (Å²) in [5, 5.41) is 0.272. The van der Waals surface area contributed by atoms with Gasteiger partial charge in [-0.2, -0.15) is 0 Å². The molecule has 2 amide bonds. The number of benzene rings is 2. The zero-order valence-corrected chi connectivity index (χ0v) is 18.3. The molecular formula is C23H21ClFN5O3. The van der Waals surface area contributed by atoms with Gasteiger partial charge in [0.05, 0.1) is 0 Å². The van der Waals surface area contributed by atoms with Crippen LogP contribution in [0.3, 0.4) is 0 Å². The summed E-state index contributed by atoms with van der Waals surface area (Å²) in [4.78, 5) is 34.2. The van der Waals surface area contributed by atoms with Crippen molar-refractivity contribution in [2.75, 3.05) is 11.4 Å². The number of nitrogens with zero attached hydrogens (tertiary/aromatic N) is 3. The van der Waals surface area contributed by atoms with E-state index in [1.807, 2.05) is 4.90 Å². The molecule has 170 valence electrons. The highest BCUT2D eigenvalue weighted by atomic mass is 35.5. The van der Waals surface area contributed by atoms with Crippen molar-refractivity contribution >= 4 is 29.2 Å². The first kappa shape index (κ1) is 22.5. The molecule has 3 aromatic rings. The number of carbonyl (C=O) groups excluding carboxylic acids is 2. The molecule has 1 aliphatic heterocycles. The summed E-state index contributed by atoms with van der Waals surface area (Å²) >= 11 is 5.77. The minimum atomic E-state index is -0.691. The molecule has 33 heavy (non-hydrogen) atoms.